The number of methoxy groups -OCH3 is 1. The van der Waals surface area contributed by atoms with Crippen LogP contribution in [0.3, 0.4) is 0 Å². The fourth-order valence-electron chi connectivity index (χ4n) is 3.34. The number of carboxylic acids is 1. The Bertz CT molecular complexity index is 580. The summed E-state index contributed by atoms with van der Waals surface area (Å²) in [6.45, 7) is 5.30. The summed E-state index contributed by atoms with van der Waals surface area (Å²) in [6, 6.07) is 7.61. The predicted octanol–water partition coefficient (Wildman–Crippen LogP) is 3.08. The topological polar surface area (TPSA) is 66.8 Å². The molecule has 1 aromatic carbocycles. The molecule has 1 saturated heterocycles. The maximum atomic E-state index is 13.0. The van der Waals surface area contributed by atoms with Gasteiger partial charge in [-0.05, 0) is 56.7 Å². The van der Waals surface area contributed by atoms with Crippen LogP contribution in [0.1, 0.15) is 45.1 Å². The minimum absolute atomic E-state index is 0.104. The second-order valence-corrected chi connectivity index (χ2v) is 7.05. The summed E-state index contributed by atoms with van der Waals surface area (Å²) < 4.78 is 5.18. The number of hydrogen-bond donors (Lipinski definition) is 1. The first kappa shape index (κ1) is 18.3. The van der Waals surface area contributed by atoms with Gasteiger partial charge in [-0.2, -0.15) is 0 Å². The summed E-state index contributed by atoms with van der Waals surface area (Å²) in [5, 5.41) is 8.85. The highest BCUT2D eigenvalue weighted by atomic mass is 16.5. The molecule has 0 unspecified atom stereocenters. The van der Waals surface area contributed by atoms with Crippen LogP contribution in [0.25, 0.3) is 0 Å². The summed E-state index contributed by atoms with van der Waals surface area (Å²) in [5.74, 6) is 0.392. The quantitative estimate of drug-likeness (QED) is 0.869. The standard InChI is InChI=1S/C19H27NO4/c1-19(2,15-7-9-16(24-3)10-8-15)18(23)20-12-4-5-14(13-20)6-11-17(21)22/h7-10,14H,4-6,11-13H2,1-3H3,(H,21,22)/t14-/m0/s1. The Morgan fingerprint density at radius 2 is 1.96 bits per heavy atom. The molecule has 1 heterocycles. The Labute approximate surface area is 143 Å². The maximum absolute atomic E-state index is 13.0. The fraction of sp³-hybridized carbons (Fsp3) is 0.579. The average Bonchev–Trinajstić information content (AvgIpc) is 2.59. The van der Waals surface area contributed by atoms with Crippen molar-refractivity contribution in [3.63, 3.8) is 0 Å². The highest BCUT2D eigenvalue weighted by Crippen LogP contribution is 2.30. The molecule has 0 radical (unpaired) electrons. The zero-order valence-corrected chi connectivity index (χ0v) is 14.7. The third kappa shape index (κ3) is 4.28. The molecule has 0 bridgehead atoms. The Hall–Kier alpha value is -2.04. The summed E-state index contributed by atoms with van der Waals surface area (Å²) in [5.41, 5.74) is 0.349. The number of amides is 1. The summed E-state index contributed by atoms with van der Waals surface area (Å²) in [7, 11) is 1.62. The van der Waals surface area contributed by atoms with E-state index in [1.54, 1.807) is 7.11 Å². The van der Waals surface area contributed by atoms with Crippen molar-refractivity contribution in [2.75, 3.05) is 20.2 Å². The molecule has 1 amide bonds. The minimum Gasteiger partial charge on any atom is -0.497 e. The third-order valence-corrected chi connectivity index (χ3v) is 4.92. The van der Waals surface area contributed by atoms with E-state index in [1.807, 2.05) is 43.0 Å². The average molecular weight is 333 g/mol. The molecule has 0 saturated carbocycles. The van der Waals surface area contributed by atoms with Crippen molar-refractivity contribution in [2.45, 2.75) is 44.9 Å². The van der Waals surface area contributed by atoms with E-state index >= 15 is 0 Å². The highest BCUT2D eigenvalue weighted by Gasteiger charge is 2.35. The van der Waals surface area contributed by atoms with Crippen LogP contribution in [0.2, 0.25) is 0 Å². The normalized spacial score (nSPS) is 18.3. The van der Waals surface area contributed by atoms with Crippen molar-refractivity contribution >= 4 is 11.9 Å². The van der Waals surface area contributed by atoms with Crippen LogP contribution in [0, 0.1) is 5.92 Å². The van der Waals surface area contributed by atoms with Crippen LogP contribution >= 0.6 is 0 Å². The van der Waals surface area contributed by atoms with Crippen LogP contribution in [0.5, 0.6) is 5.75 Å². The number of aliphatic carboxylic acids is 1. The Balaban J connectivity index is 2.06. The van der Waals surface area contributed by atoms with E-state index in [4.69, 9.17) is 9.84 Å². The lowest BCUT2D eigenvalue weighted by molar-refractivity contribution is -0.138. The molecule has 5 nitrogen and oxygen atoms in total. The number of piperidine rings is 1. The van der Waals surface area contributed by atoms with Crippen LogP contribution in [0.4, 0.5) is 0 Å². The van der Waals surface area contributed by atoms with Crippen molar-refractivity contribution in [1.82, 2.24) is 4.90 Å². The van der Waals surface area contributed by atoms with Gasteiger partial charge in [0.05, 0.1) is 12.5 Å². The highest BCUT2D eigenvalue weighted by molar-refractivity contribution is 5.87. The van der Waals surface area contributed by atoms with E-state index < -0.39 is 11.4 Å². The van der Waals surface area contributed by atoms with Gasteiger partial charge in [0.15, 0.2) is 0 Å². The van der Waals surface area contributed by atoms with Gasteiger partial charge in [-0.15, -0.1) is 0 Å². The minimum atomic E-state index is -0.767. The van der Waals surface area contributed by atoms with Crippen LogP contribution in [-0.2, 0) is 15.0 Å². The molecule has 1 fully saturated rings. The SMILES string of the molecule is COc1ccc(C(C)(C)C(=O)N2CCC[C@@H](CCC(=O)O)C2)cc1. The molecule has 1 atom stereocenters. The summed E-state index contributed by atoms with van der Waals surface area (Å²) >= 11 is 0. The third-order valence-electron chi connectivity index (χ3n) is 4.92. The maximum Gasteiger partial charge on any atom is 0.303 e. The number of hydrogen-bond acceptors (Lipinski definition) is 3. The van der Waals surface area contributed by atoms with Crippen LogP contribution in [-0.4, -0.2) is 42.1 Å². The van der Waals surface area contributed by atoms with Gasteiger partial charge in [0.1, 0.15) is 5.75 Å². The van der Waals surface area contributed by atoms with Crippen molar-refractivity contribution in [2.24, 2.45) is 5.92 Å². The van der Waals surface area contributed by atoms with Crippen molar-refractivity contribution in [3.8, 4) is 5.75 Å². The molecule has 132 valence electrons. The van der Waals surface area contributed by atoms with Crippen LogP contribution in [0.15, 0.2) is 24.3 Å². The predicted molar refractivity (Wildman–Crippen MR) is 92.2 cm³/mol. The molecule has 0 aromatic heterocycles. The van der Waals surface area contributed by atoms with Gasteiger partial charge in [0, 0.05) is 19.5 Å². The summed E-state index contributed by atoms with van der Waals surface area (Å²) in [6.07, 6.45) is 2.76. The molecule has 1 N–H and O–H groups in total. The second-order valence-electron chi connectivity index (χ2n) is 7.05. The van der Waals surface area contributed by atoms with Gasteiger partial charge in [0.25, 0.3) is 0 Å². The number of nitrogens with zero attached hydrogens (tertiary/aromatic N) is 1. The van der Waals surface area contributed by atoms with Crippen molar-refractivity contribution in [3.05, 3.63) is 29.8 Å². The second kappa shape index (κ2) is 7.69. The number of likely N-dealkylation sites (tertiary alicyclic amines) is 1. The van der Waals surface area contributed by atoms with E-state index in [0.29, 0.717) is 13.0 Å². The first-order valence-corrected chi connectivity index (χ1v) is 8.50. The molecular weight excluding hydrogens is 306 g/mol. The van der Waals surface area contributed by atoms with E-state index in [9.17, 15) is 9.59 Å². The van der Waals surface area contributed by atoms with Crippen molar-refractivity contribution in [1.29, 1.82) is 0 Å². The first-order chi connectivity index (χ1) is 11.3. The molecule has 1 aliphatic rings. The number of carboxylic acid groups (broad SMARTS) is 1. The van der Waals surface area contributed by atoms with Gasteiger partial charge < -0.3 is 14.7 Å². The lowest BCUT2D eigenvalue weighted by atomic mass is 9.82. The van der Waals surface area contributed by atoms with E-state index in [0.717, 1.165) is 30.7 Å². The number of rotatable bonds is 6. The Morgan fingerprint density at radius 3 is 2.54 bits per heavy atom. The van der Waals surface area contributed by atoms with E-state index in [-0.39, 0.29) is 18.2 Å². The smallest absolute Gasteiger partial charge is 0.303 e. The molecule has 1 aliphatic heterocycles. The zero-order valence-electron chi connectivity index (χ0n) is 14.7. The van der Waals surface area contributed by atoms with Gasteiger partial charge in [-0.3, -0.25) is 9.59 Å². The molecular formula is C19H27NO4. The lowest BCUT2D eigenvalue weighted by Gasteiger charge is -2.38. The number of ether oxygens (including phenoxy) is 1. The van der Waals surface area contributed by atoms with E-state index in [2.05, 4.69) is 0 Å². The Morgan fingerprint density at radius 1 is 1.29 bits per heavy atom. The monoisotopic (exact) mass is 333 g/mol. The lowest BCUT2D eigenvalue weighted by Crippen LogP contribution is -2.48. The van der Waals surface area contributed by atoms with Crippen LogP contribution < -0.4 is 4.74 Å². The van der Waals surface area contributed by atoms with Gasteiger partial charge >= 0.3 is 5.97 Å². The first-order valence-electron chi connectivity index (χ1n) is 8.50. The number of carbonyl (C=O) groups excluding carboxylic acids is 1. The van der Waals surface area contributed by atoms with Gasteiger partial charge in [-0.1, -0.05) is 12.1 Å². The molecule has 0 aliphatic carbocycles. The number of benzene rings is 1. The number of carbonyl (C=O) groups is 2. The molecule has 0 spiro atoms. The molecule has 2 rings (SSSR count). The largest absolute Gasteiger partial charge is 0.497 e. The van der Waals surface area contributed by atoms with Gasteiger partial charge in [0.2, 0.25) is 5.91 Å². The van der Waals surface area contributed by atoms with Gasteiger partial charge in [-0.25, -0.2) is 0 Å². The zero-order chi connectivity index (χ0) is 17.7. The summed E-state index contributed by atoms with van der Waals surface area (Å²) in [4.78, 5) is 25.7. The molecule has 5 heteroatoms. The molecule has 24 heavy (non-hydrogen) atoms. The van der Waals surface area contributed by atoms with E-state index in [1.165, 1.54) is 0 Å². The molecule has 1 aromatic rings. The Kier molecular flexibility index (Phi) is 5.86. The van der Waals surface area contributed by atoms with Crippen molar-refractivity contribution < 1.29 is 19.4 Å². The fourth-order valence-corrected chi connectivity index (χ4v) is 3.34.